The quantitative estimate of drug-likeness (QED) is 0.749. The molecular formula is C13H20BrNO2. The summed E-state index contributed by atoms with van der Waals surface area (Å²) < 4.78 is 12.0. The largest absolute Gasteiger partial charge is 0.487 e. The second-order valence-corrected chi connectivity index (χ2v) is 4.77. The zero-order valence-corrected chi connectivity index (χ0v) is 12.0. The molecule has 0 aliphatic carbocycles. The van der Waals surface area contributed by atoms with Gasteiger partial charge in [-0.2, -0.15) is 0 Å². The molecule has 0 aliphatic rings. The normalized spacial score (nSPS) is 12.4. The number of hydrogen-bond donors (Lipinski definition) is 1. The molecule has 17 heavy (non-hydrogen) atoms. The van der Waals surface area contributed by atoms with E-state index < -0.39 is 0 Å². The van der Waals surface area contributed by atoms with E-state index in [1.165, 1.54) is 0 Å². The van der Waals surface area contributed by atoms with Gasteiger partial charge in [0.1, 0.15) is 11.9 Å². The van der Waals surface area contributed by atoms with Crippen molar-refractivity contribution >= 4 is 15.9 Å². The molecule has 0 spiro atoms. The average molecular weight is 302 g/mol. The van der Waals surface area contributed by atoms with Crippen LogP contribution in [-0.4, -0.2) is 32.9 Å². The molecular weight excluding hydrogens is 282 g/mol. The number of benzene rings is 1. The van der Waals surface area contributed by atoms with Crippen molar-refractivity contribution in [2.24, 2.45) is 0 Å². The van der Waals surface area contributed by atoms with Gasteiger partial charge in [0.25, 0.3) is 0 Å². The third-order valence-electron chi connectivity index (χ3n) is 2.25. The van der Waals surface area contributed by atoms with Crippen LogP contribution < -0.4 is 10.1 Å². The number of halogens is 1. The van der Waals surface area contributed by atoms with Crippen molar-refractivity contribution in [3.63, 3.8) is 0 Å². The summed E-state index contributed by atoms with van der Waals surface area (Å²) in [5, 5.41) is 3.34. The molecule has 96 valence electrons. The molecule has 4 heteroatoms. The Morgan fingerprint density at radius 2 is 2.24 bits per heavy atom. The Kier molecular flexibility index (Phi) is 7.24. The highest BCUT2D eigenvalue weighted by molar-refractivity contribution is 9.10. The standard InChI is InChI=1S/C13H20BrNO2/c1-3-7-15-9-13(10-16-2)17-12-6-4-5-11(14)8-12/h4-6,8,13,15H,3,7,9-10H2,1-2H3. The second kappa shape index (κ2) is 8.50. The summed E-state index contributed by atoms with van der Waals surface area (Å²) in [5.41, 5.74) is 0. The first-order valence-electron chi connectivity index (χ1n) is 5.88. The molecule has 1 N–H and O–H groups in total. The predicted octanol–water partition coefficient (Wildman–Crippen LogP) is 2.84. The molecule has 1 rings (SSSR count). The van der Waals surface area contributed by atoms with Crippen LogP contribution in [0.4, 0.5) is 0 Å². The van der Waals surface area contributed by atoms with Crippen molar-refractivity contribution in [3.8, 4) is 5.75 Å². The summed E-state index contributed by atoms with van der Waals surface area (Å²) in [6, 6.07) is 7.85. The maximum Gasteiger partial charge on any atom is 0.134 e. The highest BCUT2D eigenvalue weighted by Crippen LogP contribution is 2.18. The Hall–Kier alpha value is -0.580. The number of ether oxygens (including phenoxy) is 2. The van der Waals surface area contributed by atoms with Gasteiger partial charge in [-0.1, -0.05) is 28.9 Å². The summed E-state index contributed by atoms with van der Waals surface area (Å²) in [4.78, 5) is 0. The van der Waals surface area contributed by atoms with E-state index in [9.17, 15) is 0 Å². The lowest BCUT2D eigenvalue weighted by Gasteiger charge is -2.19. The van der Waals surface area contributed by atoms with Crippen LogP contribution in [-0.2, 0) is 4.74 Å². The van der Waals surface area contributed by atoms with Crippen LogP contribution in [0.15, 0.2) is 28.7 Å². The van der Waals surface area contributed by atoms with E-state index in [4.69, 9.17) is 9.47 Å². The Balaban J connectivity index is 2.47. The molecule has 0 aliphatic heterocycles. The third-order valence-corrected chi connectivity index (χ3v) is 2.74. The molecule has 1 aromatic carbocycles. The topological polar surface area (TPSA) is 30.5 Å². The molecule has 0 heterocycles. The van der Waals surface area contributed by atoms with Crippen LogP contribution in [0.25, 0.3) is 0 Å². The van der Waals surface area contributed by atoms with Crippen molar-refractivity contribution in [2.75, 3.05) is 26.8 Å². The minimum absolute atomic E-state index is 0.0425. The van der Waals surface area contributed by atoms with E-state index in [0.717, 1.165) is 29.7 Å². The first-order valence-corrected chi connectivity index (χ1v) is 6.67. The van der Waals surface area contributed by atoms with E-state index in [2.05, 4.69) is 28.2 Å². The van der Waals surface area contributed by atoms with Gasteiger partial charge in [0.15, 0.2) is 0 Å². The van der Waals surface area contributed by atoms with E-state index in [1.54, 1.807) is 7.11 Å². The van der Waals surface area contributed by atoms with Gasteiger partial charge in [-0.25, -0.2) is 0 Å². The SMILES string of the molecule is CCCNCC(COC)Oc1cccc(Br)c1. The van der Waals surface area contributed by atoms with E-state index >= 15 is 0 Å². The van der Waals surface area contributed by atoms with E-state index in [1.807, 2.05) is 24.3 Å². The van der Waals surface area contributed by atoms with Crippen LogP contribution in [0, 0.1) is 0 Å². The van der Waals surface area contributed by atoms with Crippen LogP contribution in [0.5, 0.6) is 5.75 Å². The van der Waals surface area contributed by atoms with Gasteiger partial charge in [0, 0.05) is 18.1 Å². The van der Waals surface area contributed by atoms with E-state index in [0.29, 0.717) is 6.61 Å². The molecule has 1 unspecified atom stereocenters. The van der Waals surface area contributed by atoms with Crippen molar-refractivity contribution < 1.29 is 9.47 Å². The zero-order valence-electron chi connectivity index (χ0n) is 10.4. The maximum absolute atomic E-state index is 5.86. The minimum Gasteiger partial charge on any atom is -0.487 e. The van der Waals surface area contributed by atoms with Crippen molar-refractivity contribution in [1.29, 1.82) is 0 Å². The van der Waals surface area contributed by atoms with Crippen LogP contribution in [0.3, 0.4) is 0 Å². The van der Waals surface area contributed by atoms with Crippen LogP contribution in [0.1, 0.15) is 13.3 Å². The van der Waals surface area contributed by atoms with Gasteiger partial charge >= 0.3 is 0 Å². The van der Waals surface area contributed by atoms with Gasteiger partial charge in [0.05, 0.1) is 6.61 Å². The van der Waals surface area contributed by atoms with Crippen LogP contribution in [0.2, 0.25) is 0 Å². The Morgan fingerprint density at radius 1 is 1.41 bits per heavy atom. The maximum atomic E-state index is 5.86. The minimum atomic E-state index is 0.0425. The number of nitrogens with one attached hydrogen (secondary N) is 1. The van der Waals surface area contributed by atoms with Gasteiger partial charge in [-0.05, 0) is 31.2 Å². The third kappa shape index (κ3) is 6.05. The first-order chi connectivity index (χ1) is 8.26. The van der Waals surface area contributed by atoms with Crippen molar-refractivity contribution in [1.82, 2.24) is 5.32 Å². The second-order valence-electron chi connectivity index (χ2n) is 3.86. The zero-order chi connectivity index (χ0) is 12.5. The lowest BCUT2D eigenvalue weighted by Crippen LogP contribution is -2.35. The summed E-state index contributed by atoms with van der Waals surface area (Å²) >= 11 is 3.43. The van der Waals surface area contributed by atoms with Gasteiger partial charge < -0.3 is 14.8 Å². The summed E-state index contributed by atoms with van der Waals surface area (Å²) in [6.07, 6.45) is 1.16. The van der Waals surface area contributed by atoms with Gasteiger partial charge in [-0.15, -0.1) is 0 Å². The molecule has 0 bridgehead atoms. The molecule has 0 radical (unpaired) electrons. The lowest BCUT2D eigenvalue weighted by atomic mass is 10.3. The van der Waals surface area contributed by atoms with E-state index in [-0.39, 0.29) is 6.10 Å². The van der Waals surface area contributed by atoms with Crippen molar-refractivity contribution in [2.45, 2.75) is 19.4 Å². The summed E-state index contributed by atoms with van der Waals surface area (Å²) in [7, 11) is 1.69. The number of rotatable bonds is 8. The highest BCUT2D eigenvalue weighted by Gasteiger charge is 2.09. The van der Waals surface area contributed by atoms with Gasteiger partial charge in [0.2, 0.25) is 0 Å². The molecule has 0 saturated heterocycles. The molecule has 1 aromatic rings. The predicted molar refractivity (Wildman–Crippen MR) is 73.6 cm³/mol. The fraction of sp³-hybridized carbons (Fsp3) is 0.538. The molecule has 1 atom stereocenters. The molecule has 0 amide bonds. The first kappa shape index (κ1) is 14.5. The van der Waals surface area contributed by atoms with Gasteiger partial charge in [-0.3, -0.25) is 0 Å². The summed E-state index contributed by atoms with van der Waals surface area (Å²) in [6.45, 7) is 4.53. The molecule has 3 nitrogen and oxygen atoms in total. The number of methoxy groups -OCH3 is 1. The monoisotopic (exact) mass is 301 g/mol. The van der Waals surface area contributed by atoms with Crippen LogP contribution >= 0.6 is 15.9 Å². The molecule has 0 fully saturated rings. The average Bonchev–Trinajstić information content (AvgIpc) is 2.29. The fourth-order valence-electron chi connectivity index (χ4n) is 1.49. The lowest BCUT2D eigenvalue weighted by molar-refractivity contribution is 0.0807. The highest BCUT2D eigenvalue weighted by atomic mass is 79.9. The Bertz CT molecular complexity index is 320. The Labute approximate surface area is 112 Å². The van der Waals surface area contributed by atoms with Crippen molar-refractivity contribution in [3.05, 3.63) is 28.7 Å². The smallest absolute Gasteiger partial charge is 0.134 e. The Morgan fingerprint density at radius 3 is 2.88 bits per heavy atom. The number of hydrogen-bond acceptors (Lipinski definition) is 3. The fourth-order valence-corrected chi connectivity index (χ4v) is 1.87. The molecule has 0 aromatic heterocycles. The summed E-state index contributed by atoms with van der Waals surface area (Å²) in [5.74, 6) is 0.861. The molecule has 0 saturated carbocycles.